The molecule has 1 aromatic rings. The first kappa shape index (κ1) is 17.0. The van der Waals surface area contributed by atoms with E-state index in [0.717, 1.165) is 4.31 Å². The van der Waals surface area contributed by atoms with E-state index in [2.05, 4.69) is 11.8 Å². The highest BCUT2D eigenvalue weighted by Gasteiger charge is 2.24. The Morgan fingerprint density at radius 1 is 1.43 bits per heavy atom. The molecule has 0 aromatic heterocycles. The number of hydrogen-bond acceptors (Lipinski definition) is 5. The van der Waals surface area contributed by atoms with E-state index < -0.39 is 10.0 Å². The molecule has 0 radical (unpaired) electrons. The lowest BCUT2D eigenvalue weighted by Gasteiger charge is -2.17. The van der Waals surface area contributed by atoms with Crippen molar-refractivity contribution in [1.82, 2.24) is 4.31 Å². The second-order valence-electron chi connectivity index (χ2n) is 4.06. The van der Waals surface area contributed by atoms with Gasteiger partial charge in [0.2, 0.25) is 10.0 Å². The van der Waals surface area contributed by atoms with Gasteiger partial charge in [-0.15, -0.1) is 0 Å². The van der Waals surface area contributed by atoms with Gasteiger partial charge in [-0.25, -0.2) is 8.42 Å². The Hall–Kier alpha value is -2.06. The molecule has 0 unspecified atom stereocenters. The fourth-order valence-electron chi connectivity index (χ4n) is 1.59. The first-order valence-electron chi connectivity index (χ1n) is 6.08. The van der Waals surface area contributed by atoms with Crippen molar-refractivity contribution in [1.29, 1.82) is 5.26 Å². The molecular weight excluding hydrogens is 292 g/mol. The number of aliphatic hydroxyl groups is 1. The molecule has 7 heteroatoms. The van der Waals surface area contributed by atoms with E-state index in [0.29, 0.717) is 5.56 Å². The van der Waals surface area contributed by atoms with Crippen molar-refractivity contribution in [2.75, 3.05) is 27.3 Å². The van der Waals surface area contributed by atoms with Crippen LogP contribution < -0.4 is 4.74 Å². The molecule has 21 heavy (non-hydrogen) atoms. The van der Waals surface area contributed by atoms with Gasteiger partial charge >= 0.3 is 0 Å². The molecule has 0 aliphatic heterocycles. The van der Waals surface area contributed by atoms with Crippen molar-refractivity contribution in [3.05, 3.63) is 23.8 Å². The summed E-state index contributed by atoms with van der Waals surface area (Å²) < 4.78 is 31.1. The number of hydrogen-bond donors (Lipinski definition) is 1. The Labute approximate surface area is 124 Å². The number of ether oxygens (including phenoxy) is 1. The highest BCUT2D eigenvalue weighted by atomic mass is 32.2. The van der Waals surface area contributed by atoms with Crippen molar-refractivity contribution >= 4 is 10.0 Å². The molecule has 1 aromatic carbocycles. The standard InChI is InChI=1S/C14H16N2O4S/c1-16(9-4-8-15)21(18,19)14-11-12(5-3-10-17)6-7-13(14)20-2/h6-7,11,17H,4,9-10H2,1-2H3. The monoisotopic (exact) mass is 308 g/mol. The number of nitriles is 1. The van der Waals surface area contributed by atoms with Crippen molar-refractivity contribution in [2.45, 2.75) is 11.3 Å². The van der Waals surface area contributed by atoms with E-state index in [-0.39, 0.29) is 30.2 Å². The van der Waals surface area contributed by atoms with Crippen LogP contribution in [0.25, 0.3) is 0 Å². The number of rotatable bonds is 5. The van der Waals surface area contributed by atoms with Gasteiger partial charge in [0.05, 0.1) is 13.2 Å². The molecular formula is C14H16N2O4S. The molecule has 0 spiro atoms. The normalized spacial score (nSPS) is 10.6. The maximum atomic E-state index is 12.5. The van der Waals surface area contributed by atoms with Gasteiger partial charge in [0.1, 0.15) is 17.3 Å². The summed E-state index contributed by atoms with van der Waals surface area (Å²) in [4.78, 5) is -0.0184. The quantitative estimate of drug-likeness (QED) is 0.803. The largest absolute Gasteiger partial charge is 0.495 e. The molecule has 0 amide bonds. The fraction of sp³-hybridized carbons (Fsp3) is 0.357. The minimum atomic E-state index is -3.77. The minimum absolute atomic E-state index is 0.0184. The Morgan fingerprint density at radius 2 is 2.14 bits per heavy atom. The molecule has 6 nitrogen and oxygen atoms in total. The van der Waals surface area contributed by atoms with Crippen LogP contribution in [0.2, 0.25) is 0 Å². The molecule has 0 aliphatic carbocycles. The highest BCUT2D eigenvalue weighted by molar-refractivity contribution is 7.89. The molecule has 0 saturated carbocycles. The molecule has 0 atom stereocenters. The third-order valence-electron chi connectivity index (χ3n) is 2.70. The summed E-state index contributed by atoms with van der Waals surface area (Å²) in [5.74, 6) is 5.31. The van der Waals surface area contributed by atoms with Crippen LogP contribution in [-0.2, 0) is 10.0 Å². The topological polar surface area (TPSA) is 90.6 Å². The Kier molecular flexibility index (Phi) is 6.19. The molecule has 1 N–H and O–H groups in total. The number of aliphatic hydroxyl groups excluding tert-OH is 1. The van der Waals surface area contributed by atoms with Crippen LogP contribution in [0.1, 0.15) is 12.0 Å². The number of benzene rings is 1. The average molecular weight is 308 g/mol. The third kappa shape index (κ3) is 4.20. The first-order chi connectivity index (χ1) is 9.97. The summed E-state index contributed by atoms with van der Waals surface area (Å²) in [6.07, 6.45) is 0.0993. The van der Waals surface area contributed by atoms with E-state index in [1.807, 2.05) is 6.07 Å². The van der Waals surface area contributed by atoms with Crippen molar-refractivity contribution in [3.63, 3.8) is 0 Å². The molecule has 0 heterocycles. The minimum Gasteiger partial charge on any atom is -0.495 e. The lowest BCUT2D eigenvalue weighted by molar-refractivity contribution is 0.350. The van der Waals surface area contributed by atoms with E-state index >= 15 is 0 Å². The maximum absolute atomic E-state index is 12.5. The first-order valence-corrected chi connectivity index (χ1v) is 7.52. The van der Waals surface area contributed by atoms with Crippen LogP contribution in [0, 0.1) is 23.2 Å². The van der Waals surface area contributed by atoms with Gasteiger partial charge in [0, 0.05) is 25.6 Å². The summed E-state index contributed by atoms with van der Waals surface area (Å²) in [7, 11) is -0.996. The molecule has 0 saturated heterocycles. The van der Waals surface area contributed by atoms with Crippen molar-refractivity contribution in [3.8, 4) is 23.7 Å². The van der Waals surface area contributed by atoms with Gasteiger partial charge < -0.3 is 9.84 Å². The van der Waals surface area contributed by atoms with Crippen LogP contribution in [0.4, 0.5) is 0 Å². The smallest absolute Gasteiger partial charge is 0.246 e. The fourth-order valence-corrected chi connectivity index (χ4v) is 2.94. The van der Waals surface area contributed by atoms with Crippen LogP contribution >= 0.6 is 0 Å². The molecule has 0 aliphatic rings. The zero-order chi connectivity index (χ0) is 15.9. The van der Waals surface area contributed by atoms with E-state index in [9.17, 15) is 8.42 Å². The summed E-state index contributed by atoms with van der Waals surface area (Å²) in [6.45, 7) is -0.218. The zero-order valence-corrected chi connectivity index (χ0v) is 12.6. The Bertz CT molecular complexity index is 696. The number of methoxy groups -OCH3 is 1. The maximum Gasteiger partial charge on any atom is 0.246 e. The summed E-state index contributed by atoms with van der Waals surface area (Å²) in [6, 6.07) is 6.40. The molecule has 0 bridgehead atoms. The van der Waals surface area contributed by atoms with E-state index in [4.69, 9.17) is 15.1 Å². The third-order valence-corrected chi connectivity index (χ3v) is 4.58. The number of nitrogens with zero attached hydrogens (tertiary/aromatic N) is 2. The average Bonchev–Trinajstić information content (AvgIpc) is 2.50. The van der Waals surface area contributed by atoms with Gasteiger partial charge in [-0.05, 0) is 18.2 Å². The molecule has 1 rings (SSSR count). The second-order valence-corrected chi connectivity index (χ2v) is 6.07. The summed E-state index contributed by atoms with van der Waals surface area (Å²) in [5.41, 5.74) is 0.456. The van der Waals surface area contributed by atoms with Gasteiger partial charge in [0.25, 0.3) is 0 Å². The molecule has 112 valence electrons. The van der Waals surface area contributed by atoms with Crippen LogP contribution in [0.15, 0.2) is 23.1 Å². The van der Waals surface area contributed by atoms with Crippen LogP contribution in [0.3, 0.4) is 0 Å². The van der Waals surface area contributed by atoms with Gasteiger partial charge in [-0.1, -0.05) is 11.8 Å². The SMILES string of the molecule is COc1ccc(C#CCO)cc1S(=O)(=O)N(C)CCC#N. The van der Waals surface area contributed by atoms with Gasteiger partial charge in [-0.3, -0.25) is 0 Å². The van der Waals surface area contributed by atoms with Crippen molar-refractivity contribution < 1.29 is 18.3 Å². The lowest BCUT2D eigenvalue weighted by atomic mass is 10.2. The van der Waals surface area contributed by atoms with Crippen molar-refractivity contribution in [2.24, 2.45) is 0 Å². The van der Waals surface area contributed by atoms with Crippen LogP contribution in [-0.4, -0.2) is 45.1 Å². The second kappa shape index (κ2) is 7.65. The Balaban J connectivity index is 3.28. The highest BCUT2D eigenvalue weighted by Crippen LogP contribution is 2.27. The zero-order valence-electron chi connectivity index (χ0n) is 11.8. The van der Waals surface area contributed by atoms with Gasteiger partial charge in [0.15, 0.2) is 0 Å². The van der Waals surface area contributed by atoms with Crippen LogP contribution in [0.5, 0.6) is 5.75 Å². The summed E-state index contributed by atoms with van der Waals surface area (Å²) >= 11 is 0. The van der Waals surface area contributed by atoms with E-state index in [1.165, 1.54) is 26.3 Å². The molecule has 0 fully saturated rings. The predicted molar refractivity (Wildman–Crippen MR) is 77.0 cm³/mol. The predicted octanol–water partition coefficient (Wildman–Crippen LogP) is 0.573. The Morgan fingerprint density at radius 3 is 2.71 bits per heavy atom. The lowest BCUT2D eigenvalue weighted by Crippen LogP contribution is -2.28. The van der Waals surface area contributed by atoms with E-state index in [1.54, 1.807) is 6.07 Å². The number of sulfonamides is 1. The van der Waals surface area contributed by atoms with Gasteiger partial charge in [-0.2, -0.15) is 9.57 Å². The summed E-state index contributed by atoms with van der Waals surface area (Å²) in [5, 5.41) is 17.2.